The Morgan fingerprint density at radius 1 is 1.31 bits per heavy atom. The molecule has 26 heavy (non-hydrogen) atoms. The fraction of sp³-hybridized carbons (Fsp3) is 0.650. The first-order valence-electron chi connectivity index (χ1n) is 9.44. The standard InChI is InChI=1S/C20H28FN3O.HI/c1-22-19(24(2)13-14-5-7-15(21)8-6-14)23-17-16-9-12-25-18(16)20(17)10-3-4-11-20;/h5-8,16-18H,3-4,9-13H2,1-2H3,(H,22,23);1H. The molecule has 0 bridgehead atoms. The monoisotopic (exact) mass is 473 g/mol. The summed E-state index contributed by atoms with van der Waals surface area (Å²) in [7, 11) is 3.88. The van der Waals surface area contributed by atoms with E-state index in [4.69, 9.17) is 4.74 Å². The van der Waals surface area contributed by atoms with E-state index in [1.54, 1.807) is 0 Å². The number of nitrogens with zero attached hydrogens (tertiary/aromatic N) is 2. The predicted molar refractivity (Wildman–Crippen MR) is 112 cm³/mol. The molecule has 1 aromatic rings. The summed E-state index contributed by atoms with van der Waals surface area (Å²) in [6.45, 7) is 1.61. The first-order valence-corrected chi connectivity index (χ1v) is 9.44. The molecule has 2 saturated carbocycles. The van der Waals surface area contributed by atoms with Crippen molar-refractivity contribution in [1.82, 2.24) is 10.2 Å². The summed E-state index contributed by atoms with van der Waals surface area (Å²) in [5.41, 5.74) is 1.39. The Hall–Kier alpha value is -0.890. The molecule has 144 valence electrons. The highest BCUT2D eigenvalue weighted by atomic mass is 127. The average molecular weight is 473 g/mol. The summed E-state index contributed by atoms with van der Waals surface area (Å²) in [5, 5.41) is 3.76. The zero-order valence-corrected chi connectivity index (χ0v) is 17.9. The molecule has 3 unspecified atom stereocenters. The molecule has 3 aliphatic rings. The van der Waals surface area contributed by atoms with Gasteiger partial charge < -0.3 is 15.0 Å². The van der Waals surface area contributed by atoms with Crippen molar-refractivity contribution in [2.45, 2.75) is 50.8 Å². The van der Waals surface area contributed by atoms with Gasteiger partial charge in [-0.15, -0.1) is 24.0 Å². The maximum atomic E-state index is 13.1. The van der Waals surface area contributed by atoms with Crippen LogP contribution in [0.2, 0.25) is 0 Å². The normalized spacial score (nSPS) is 29.0. The summed E-state index contributed by atoms with van der Waals surface area (Å²) in [4.78, 5) is 6.63. The van der Waals surface area contributed by atoms with Crippen molar-refractivity contribution in [3.63, 3.8) is 0 Å². The van der Waals surface area contributed by atoms with E-state index in [1.165, 1.54) is 37.8 Å². The lowest BCUT2D eigenvalue weighted by atomic mass is 9.54. The third-order valence-corrected chi connectivity index (χ3v) is 6.48. The summed E-state index contributed by atoms with van der Waals surface area (Å²) in [5.74, 6) is 1.35. The molecular weight excluding hydrogens is 444 g/mol. The third kappa shape index (κ3) is 3.35. The van der Waals surface area contributed by atoms with Crippen LogP contribution in [0.4, 0.5) is 4.39 Å². The first-order chi connectivity index (χ1) is 12.1. The van der Waals surface area contributed by atoms with Gasteiger partial charge in [-0.1, -0.05) is 25.0 Å². The van der Waals surface area contributed by atoms with Crippen molar-refractivity contribution in [1.29, 1.82) is 0 Å². The molecule has 2 aliphatic carbocycles. The minimum Gasteiger partial charge on any atom is -0.377 e. The van der Waals surface area contributed by atoms with Crippen LogP contribution in [0.1, 0.15) is 37.7 Å². The van der Waals surface area contributed by atoms with E-state index in [2.05, 4.69) is 15.2 Å². The molecule has 3 fully saturated rings. The maximum Gasteiger partial charge on any atom is 0.193 e. The maximum absolute atomic E-state index is 13.1. The van der Waals surface area contributed by atoms with Gasteiger partial charge in [0.2, 0.25) is 0 Å². The number of hydrogen-bond acceptors (Lipinski definition) is 2. The number of fused-ring (bicyclic) bond motifs is 2. The Labute approximate surface area is 172 Å². The molecule has 4 rings (SSSR count). The van der Waals surface area contributed by atoms with Gasteiger partial charge in [0.15, 0.2) is 5.96 Å². The molecule has 1 aliphatic heterocycles. The van der Waals surface area contributed by atoms with Gasteiger partial charge in [-0.25, -0.2) is 4.39 Å². The molecule has 3 atom stereocenters. The fourth-order valence-corrected chi connectivity index (χ4v) is 5.33. The molecule has 1 aromatic carbocycles. The van der Waals surface area contributed by atoms with Gasteiger partial charge in [0.25, 0.3) is 0 Å². The van der Waals surface area contributed by atoms with Crippen LogP contribution in [0.3, 0.4) is 0 Å². The van der Waals surface area contributed by atoms with E-state index < -0.39 is 0 Å². The predicted octanol–water partition coefficient (Wildman–Crippen LogP) is 3.80. The number of benzene rings is 1. The summed E-state index contributed by atoms with van der Waals surface area (Å²) in [6, 6.07) is 7.17. The van der Waals surface area contributed by atoms with Crippen LogP contribution in [0, 0.1) is 17.2 Å². The van der Waals surface area contributed by atoms with Crippen LogP contribution in [0.25, 0.3) is 0 Å². The number of halogens is 2. The Morgan fingerprint density at radius 2 is 2.00 bits per heavy atom. The number of aliphatic imine (C=N–C) groups is 1. The Morgan fingerprint density at radius 3 is 2.65 bits per heavy atom. The topological polar surface area (TPSA) is 36.9 Å². The van der Waals surface area contributed by atoms with Gasteiger partial charge in [-0.3, -0.25) is 4.99 Å². The summed E-state index contributed by atoms with van der Waals surface area (Å²) < 4.78 is 19.2. The van der Waals surface area contributed by atoms with Crippen LogP contribution < -0.4 is 5.32 Å². The molecule has 1 spiro atoms. The Bertz CT molecular complexity index is 645. The van der Waals surface area contributed by atoms with Gasteiger partial charge in [-0.05, 0) is 37.0 Å². The highest BCUT2D eigenvalue weighted by Crippen LogP contribution is 2.60. The van der Waals surface area contributed by atoms with Crippen LogP contribution in [0.15, 0.2) is 29.3 Å². The lowest BCUT2D eigenvalue weighted by Crippen LogP contribution is -2.69. The second-order valence-electron chi connectivity index (χ2n) is 7.84. The van der Waals surface area contributed by atoms with Crippen molar-refractivity contribution in [3.8, 4) is 0 Å². The number of nitrogens with one attached hydrogen (secondary N) is 1. The average Bonchev–Trinajstić information content (AvgIpc) is 3.26. The van der Waals surface area contributed by atoms with E-state index in [9.17, 15) is 4.39 Å². The lowest BCUT2D eigenvalue weighted by Gasteiger charge is -2.57. The number of ether oxygens (including phenoxy) is 1. The molecule has 4 nitrogen and oxygen atoms in total. The van der Waals surface area contributed by atoms with E-state index in [0.29, 0.717) is 30.0 Å². The zero-order chi connectivity index (χ0) is 17.4. The molecular formula is C20H29FIN3O. The van der Waals surface area contributed by atoms with E-state index >= 15 is 0 Å². The highest BCUT2D eigenvalue weighted by Gasteiger charge is 2.65. The highest BCUT2D eigenvalue weighted by molar-refractivity contribution is 14.0. The minimum atomic E-state index is -0.196. The number of rotatable bonds is 3. The first kappa shape index (κ1) is 19.9. The molecule has 1 heterocycles. The second kappa shape index (κ2) is 8.00. The van der Waals surface area contributed by atoms with E-state index in [1.807, 2.05) is 26.2 Å². The van der Waals surface area contributed by atoms with Crippen molar-refractivity contribution in [2.24, 2.45) is 16.3 Å². The Balaban J connectivity index is 0.00000196. The molecule has 0 amide bonds. The van der Waals surface area contributed by atoms with Crippen LogP contribution in [-0.2, 0) is 11.3 Å². The SMILES string of the molecule is CN=C(NC1C2CCOC2C12CCCC2)N(C)Cc1ccc(F)cc1.I. The lowest BCUT2D eigenvalue weighted by molar-refractivity contribution is -0.125. The van der Waals surface area contributed by atoms with Crippen LogP contribution in [-0.4, -0.2) is 43.7 Å². The molecule has 1 N–H and O–H groups in total. The van der Waals surface area contributed by atoms with Crippen LogP contribution >= 0.6 is 24.0 Å². The Kier molecular flexibility index (Phi) is 6.11. The van der Waals surface area contributed by atoms with Crippen molar-refractivity contribution in [2.75, 3.05) is 20.7 Å². The summed E-state index contributed by atoms with van der Waals surface area (Å²) in [6.07, 6.45) is 6.77. The van der Waals surface area contributed by atoms with Gasteiger partial charge in [0.1, 0.15) is 5.82 Å². The molecule has 1 saturated heterocycles. The summed E-state index contributed by atoms with van der Waals surface area (Å²) >= 11 is 0. The van der Waals surface area contributed by atoms with Crippen molar-refractivity contribution < 1.29 is 9.13 Å². The number of hydrogen-bond donors (Lipinski definition) is 1. The second-order valence-corrected chi connectivity index (χ2v) is 7.84. The quantitative estimate of drug-likeness (QED) is 0.413. The van der Waals surface area contributed by atoms with Gasteiger partial charge in [0.05, 0.1) is 6.10 Å². The van der Waals surface area contributed by atoms with Gasteiger partial charge in [-0.2, -0.15) is 0 Å². The fourth-order valence-electron chi connectivity index (χ4n) is 5.33. The smallest absolute Gasteiger partial charge is 0.193 e. The zero-order valence-electron chi connectivity index (χ0n) is 15.6. The van der Waals surface area contributed by atoms with E-state index in [-0.39, 0.29) is 29.8 Å². The molecule has 0 radical (unpaired) electrons. The van der Waals surface area contributed by atoms with Crippen molar-refractivity contribution in [3.05, 3.63) is 35.6 Å². The minimum absolute atomic E-state index is 0. The van der Waals surface area contributed by atoms with Gasteiger partial charge >= 0.3 is 0 Å². The number of guanidine groups is 1. The third-order valence-electron chi connectivity index (χ3n) is 6.48. The van der Waals surface area contributed by atoms with Gasteiger partial charge in [0, 0.05) is 44.6 Å². The van der Waals surface area contributed by atoms with E-state index in [0.717, 1.165) is 24.6 Å². The molecule has 6 heteroatoms. The van der Waals surface area contributed by atoms with Crippen molar-refractivity contribution >= 4 is 29.9 Å². The molecule has 0 aromatic heterocycles. The van der Waals surface area contributed by atoms with Crippen LogP contribution in [0.5, 0.6) is 0 Å². The largest absolute Gasteiger partial charge is 0.377 e.